The lowest BCUT2D eigenvalue weighted by molar-refractivity contribution is -0.274. The average molecular weight is 458 g/mol. The maximum absolute atomic E-state index is 12.4. The average Bonchev–Trinajstić information content (AvgIpc) is 2.69. The van der Waals surface area contributed by atoms with Gasteiger partial charge in [0.05, 0.1) is 17.4 Å². The van der Waals surface area contributed by atoms with Crippen molar-refractivity contribution in [3.05, 3.63) is 54.1 Å². The van der Waals surface area contributed by atoms with Crippen LogP contribution in [0.5, 0.6) is 5.75 Å². The van der Waals surface area contributed by atoms with E-state index in [1.54, 1.807) is 17.0 Å². The molecule has 1 aliphatic rings. The number of amides is 1. The van der Waals surface area contributed by atoms with Crippen LogP contribution < -0.4 is 9.46 Å². The predicted molar refractivity (Wildman–Crippen MR) is 106 cm³/mol. The van der Waals surface area contributed by atoms with E-state index in [2.05, 4.69) is 9.46 Å². The van der Waals surface area contributed by atoms with Crippen molar-refractivity contribution >= 4 is 21.6 Å². The predicted octanol–water partition coefficient (Wildman–Crippen LogP) is 2.91. The van der Waals surface area contributed by atoms with Gasteiger partial charge in [0.25, 0.3) is 10.0 Å². The number of nitrogens with one attached hydrogen (secondary N) is 1. The van der Waals surface area contributed by atoms with Crippen LogP contribution in [0.3, 0.4) is 0 Å². The van der Waals surface area contributed by atoms with Crippen LogP contribution in [0.1, 0.15) is 18.4 Å². The number of aliphatic hydroxyl groups excluding tert-OH is 1. The molecule has 2 aromatic rings. The Hall–Kier alpha value is -2.79. The number of hydrogen-bond acceptors (Lipinski definition) is 5. The highest BCUT2D eigenvalue weighted by atomic mass is 32.2. The summed E-state index contributed by atoms with van der Waals surface area (Å²) in [5.74, 6) is -0.593. The Labute approximate surface area is 177 Å². The van der Waals surface area contributed by atoms with Gasteiger partial charge in [0.1, 0.15) is 5.75 Å². The molecule has 0 unspecified atom stereocenters. The highest BCUT2D eigenvalue weighted by Gasteiger charge is 2.31. The molecule has 11 heteroatoms. The van der Waals surface area contributed by atoms with E-state index in [0.29, 0.717) is 31.5 Å². The number of nitrogens with zero attached hydrogens (tertiary/aromatic N) is 1. The fraction of sp³-hybridized carbons (Fsp3) is 0.350. The summed E-state index contributed by atoms with van der Waals surface area (Å²) in [7, 11) is -4.02. The Bertz CT molecular complexity index is 1000. The van der Waals surface area contributed by atoms with Crippen LogP contribution in [0.4, 0.5) is 18.9 Å². The first-order valence-electron chi connectivity index (χ1n) is 9.45. The van der Waals surface area contributed by atoms with Gasteiger partial charge < -0.3 is 14.7 Å². The van der Waals surface area contributed by atoms with Crippen LogP contribution in [0.2, 0.25) is 0 Å². The Kier molecular flexibility index (Phi) is 6.75. The second-order valence-corrected chi connectivity index (χ2v) is 8.79. The molecule has 168 valence electrons. The van der Waals surface area contributed by atoms with Crippen LogP contribution >= 0.6 is 0 Å². The highest BCUT2D eigenvalue weighted by Crippen LogP contribution is 2.25. The van der Waals surface area contributed by atoms with Gasteiger partial charge in [-0.3, -0.25) is 9.52 Å². The molecule has 1 saturated heterocycles. The van der Waals surface area contributed by atoms with Gasteiger partial charge in [-0.1, -0.05) is 12.1 Å². The Balaban J connectivity index is 1.60. The van der Waals surface area contributed by atoms with Crippen LogP contribution in [0.25, 0.3) is 0 Å². The summed E-state index contributed by atoms with van der Waals surface area (Å²) in [5.41, 5.74) is 0.945. The second kappa shape index (κ2) is 9.15. The molecule has 0 aromatic heterocycles. The fourth-order valence-corrected chi connectivity index (χ4v) is 4.19. The number of halogens is 3. The lowest BCUT2D eigenvalue weighted by atomic mass is 10.1. The van der Waals surface area contributed by atoms with Crippen molar-refractivity contribution in [3.8, 4) is 5.75 Å². The number of ether oxygens (including phenoxy) is 1. The maximum atomic E-state index is 12.4. The van der Waals surface area contributed by atoms with Gasteiger partial charge in [-0.2, -0.15) is 0 Å². The van der Waals surface area contributed by atoms with Crippen LogP contribution in [-0.4, -0.2) is 49.9 Å². The Morgan fingerprint density at radius 2 is 1.65 bits per heavy atom. The van der Waals surface area contributed by atoms with Crippen molar-refractivity contribution in [3.63, 3.8) is 0 Å². The summed E-state index contributed by atoms with van der Waals surface area (Å²) in [6, 6.07) is 10.1. The van der Waals surface area contributed by atoms with E-state index in [1.165, 1.54) is 12.1 Å². The smallest absolute Gasteiger partial charge is 0.406 e. The molecule has 0 bridgehead atoms. The maximum Gasteiger partial charge on any atom is 0.573 e. The van der Waals surface area contributed by atoms with Crippen molar-refractivity contribution in [1.29, 1.82) is 0 Å². The van der Waals surface area contributed by atoms with Crippen molar-refractivity contribution in [1.82, 2.24) is 4.90 Å². The number of likely N-dealkylation sites (tertiary alicyclic amines) is 1. The highest BCUT2D eigenvalue weighted by molar-refractivity contribution is 7.92. The van der Waals surface area contributed by atoms with Crippen LogP contribution in [-0.2, 0) is 21.2 Å². The number of carbonyl (C=O) groups excluding carboxylic acids is 1. The third-order valence-corrected chi connectivity index (χ3v) is 6.14. The lowest BCUT2D eigenvalue weighted by Gasteiger charge is -2.29. The number of benzene rings is 2. The first-order chi connectivity index (χ1) is 14.5. The second-order valence-electron chi connectivity index (χ2n) is 7.11. The topological polar surface area (TPSA) is 95.9 Å². The van der Waals surface area contributed by atoms with Crippen molar-refractivity contribution < 1.29 is 36.2 Å². The van der Waals surface area contributed by atoms with E-state index in [9.17, 15) is 31.5 Å². The molecule has 1 aliphatic heterocycles. The SMILES string of the molecule is O=C(Cc1ccc(NS(=O)(=O)c2ccc(OC(F)(F)F)cc2)cc1)N1CCC(O)CC1. The Morgan fingerprint density at radius 1 is 1.06 bits per heavy atom. The van der Waals surface area contributed by atoms with E-state index in [-0.39, 0.29) is 29.0 Å². The first-order valence-corrected chi connectivity index (χ1v) is 10.9. The van der Waals surface area contributed by atoms with Crippen LogP contribution in [0, 0.1) is 0 Å². The van der Waals surface area contributed by atoms with Gasteiger partial charge >= 0.3 is 6.36 Å². The zero-order valence-electron chi connectivity index (χ0n) is 16.3. The largest absolute Gasteiger partial charge is 0.573 e. The minimum atomic E-state index is -4.86. The summed E-state index contributed by atoms with van der Waals surface area (Å²) in [6.07, 6.45) is -3.98. The number of alkyl halides is 3. The van der Waals surface area contributed by atoms with E-state index in [4.69, 9.17) is 0 Å². The molecule has 2 aromatic carbocycles. The zero-order chi connectivity index (χ0) is 22.6. The van der Waals surface area contributed by atoms with Crippen molar-refractivity contribution in [2.24, 2.45) is 0 Å². The molecule has 1 fully saturated rings. The minimum absolute atomic E-state index is 0.0682. The Morgan fingerprint density at radius 3 is 2.19 bits per heavy atom. The molecule has 3 rings (SSSR count). The molecule has 0 aliphatic carbocycles. The number of piperidine rings is 1. The lowest BCUT2D eigenvalue weighted by Crippen LogP contribution is -2.40. The monoisotopic (exact) mass is 458 g/mol. The van der Waals surface area contributed by atoms with E-state index in [0.717, 1.165) is 24.3 Å². The summed E-state index contributed by atoms with van der Waals surface area (Å²) in [5, 5.41) is 9.52. The molecule has 1 heterocycles. The van der Waals surface area contributed by atoms with E-state index < -0.39 is 22.1 Å². The molecule has 0 spiro atoms. The van der Waals surface area contributed by atoms with Crippen molar-refractivity contribution in [2.45, 2.75) is 36.6 Å². The molecule has 7 nitrogen and oxygen atoms in total. The van der Waals surface area contributed by atoms with E-state index >= 15 is 0 Å². The summed E-state index contributed by atoms with van der Waals surface area (Å²) >= 11 is 0. The molecule has 0 radical (unpaired) electrons. The standard InChI is InChI=1S/C20H21F3N2O5S/c21-20(22,23)30-17-5-7-18(8-6-17)31(28,29)24-15-3-1-14(2-4-15)13-19(27)25-11-9-16(26)10-12-25/h1-8,16,24,26H,9-13H2. The minimum Gasteiger partial charge on any atom is -0.406 e. The number of hydrogen-bond donors (Lipinski definition) is 2. The van der Waals surface area contributed by atoms with E-state index in [1.807, 2.05) is 0 Å². The first kappa shape index (κ1) is 22.9. The van der Waals surface area contributed by atoms with Gasteiger partial charge in [0, 0.05) is 18.8 Å². The van der Waals surface area contributed by atoms with Gasteiger partial charge in [-0.15, -0.1) is 13.2 Å². The molecular weight excluding hydrogens is 437 g/mol. The number of rotatable bonds is 6. The number of sulfonamides is 1. The number of carbonyl (C=O) groups is 1. The molecule has 2 N–H and O–H groups in total. The van der Waals surface area contributed by atoms with Gasteiger partial charge in [-0.05, 0) is 54.8 Å². The van der Waals surface area contributed by atoms with Gasteiger partial charge in [-0.25, -0.2) is 8.42 Å². The number of anilines is 1. The van der Waals surface area contributed by atoms with Gasteiger partial charge in [0.2, 0.25) is 5.91 Å². The summed E-state index contributed by atoms with van der Waals surface area (Å²) in [4.78, 5) is 13.8. The molecule has 0 saturated carbocycles. The fourth-order valence-electron chi connectivity index (χ4n) is 3.13. The summed E-state index contributed by atoms with van der Waals surface area (Å²) in [6.45, 7) is 1.01. The molecule has 1 amide bonds. The summed E-state index contributed by atoms with van der Waals surface area (Å²) < 4.78 is 67.6. The quantitative estimate of drug-likeness (QED) is 0.694. The molecule has 0 atom stereocenters. The third-order valence-electron chi connectivity index (χ3n) is 4.75. The van der Waals surface area contributed by atoms with Crippen LogP contribution in [0.15, 0.2) is 53.4 Å². The molecular formula is C20H21F3N2O5S. The normalized spacial score (nSPS) is 15.5. The number of aliphatic hydroxyl groups is 1. The van der Waals surface area contributed by atoms with Crippen molar-refractivity contribution in [2.75, 3.05) is 17.8 Å². The molecule has 31 heavy (non-hydrogen) atoms. The third kappa shape index (κ3) is 6.59. The zero-order valence-corrected chi connectivity index (χ0v) is 17.1. The van der Waals surface area contributed by atoms with Gasteiger partial charge in [0.15, 0.2) is 0 Å².